The Kier molecular flexibility index (Phi) is 7.90. The van der Waals surface area contributed by atoms with Gasteiger partial charge in [-0.2, -0.15) is 0 Å². The first-order valence-corrected chi connectivity index (χ1v) is 12.7. The van der Waals surface area contributed by atoms with E-state index in [2.05, 4.69) is 28.0 Å². The van der Waals surface area contributed by atoms with Gasteiger partial charge < -0.3 is 15.1 Å². The van der Waals surface area contributed by atoms with Gasteiger partial charge in [-0.1, -0.05) is 43.1 Å². The molecule has 2 atom stereocenters. The van der Waals surface area contributed by atoms with Crippen LogP contribution in [-0.2, 0) is 11.3 Å². The summed E-state index contributed by atoms with van der Waals surface area (Å²) in [5, 5.41) is 0. The third-order valence-electron chi connectivity index (χ3n) is 7.77. The summed E-state index contributed by atoms with van der Waals surface area (Å²) < 4.78 is 5.66. The molecule has 1 aromatic heterocycles. The van der Waals surface area contributed by atoms with Crippen LogP contribution in [0.25, 0.3) is 0 Å². The van der Waals surface area contributed by atoms with Gasteiger partial charge in [-0.25, -0.2) is 0 Å². The van der Waals surface area contributed by atoms with E-state index in [1.807, 2.05) is 19.1 Å². The van der Waals surface area contributed by atoms with Gasteiger partial charge in [0.1, 0.15) is 5.76 Å². The molecular weight excluding hydrogens is 398 g/mol. The van der Waals surface area contributed by atoms with E-state index in [1.165, 1.54) is 24.8 Å². The molecular formula is C27H41N3O2. The molecule has 176 valence electrons. The fourth-order valence-electron chi connectivity index (χ4n) is 5.78. The first-order valence-electron chi connectivity index (χ1n) is 12.7. The molecule has 2 fully saturated rings. The summed E-state index contributed by atoms with van der Waals surface area (Å²) in [5.41, 5.74) is 7.42. The molecule has 1 saturated heterocycles. The molecule has 1 saturated carbocycles. The zero-order chi connectivity index (χ0) is 22.4. The molecule has 1 aliphatic heterocycles. The molecule has 5 nitrogen and oxygen atoms in total. The van der Waals surface area contributed by atoms with Gasteiger partial charge in [0, 0.05) is 25.7 Å². The van der Waals surface area contributed by atoms with Crippen LogP contribution in [0.3, 0.4) is 0 Å². The number of nitrogens with zero attached hydrogens (tertiary/aromatic N) is 2. The highest BCUT2D eigenvalue weighted by Gasteiger charge is 2.43. The highest BCUT2D eigenvalue weighted by Crippen LogP contribution is 2.34. The molecule has 0 radical (unpaired) electrons. The smallest absolute Gasteiger partial charge is 0.242 e. The fourth-order valence-corrected chi connectivity index (χ4v) is 5.78. The first-order chi connectivity index (χ1) is 15.5. The highest BCUT2D eigenvalue weighted by atomic mass is 16.3. The summed E-state index contributed by atoms with van der Waals surface area (Å²) in [4.78, 5) is 18.2. The highest BCUT2D eigenvalue weighted by molar-refractivity contribution is 5.86. The Morgan fingerprint density at radius 1 is 1.22 bits per heavy atom. The second kappa shape index (κ2) is 10.8. The molecule has 32 heavy (non-hydrogen) atoms. The maximum atomic E-state index is 13.6. The normalized spacial score (nSPS) is 24.0. The number of carbonyl (C=O) groups is 1. The molecule has 1 amide bonds. The minimum absolute atomic E-state index is 0.169. The predicted molar refractivity (Wildman–Crippen MR) is 129 cm³/mol. The van der Waals surface area contributed by atoms with E-state index < -0.39 is 5.54 Å². The van der Waals surface area contributed by atoms with Crippen molar-refractivity contribution in [3.05, 3.63) is 48.0 Å². The minimum Gasteiger partial charge on any atom is -0.468 e. The number of allylic oxidation sites excluding steroid dienone is 3. The van der Waals surface area contributed by atoms with Crippen molar-refractivity contribution in [2.75, 3.05) is 19.6 Å². The Bertz CT molecular complexity index is 790. The Morgan fingerprint density at radius 3 is 2.78 bits per heavy atom. The van der Waals surface area contributed by atoms with Crippen LogP contribution in [0.15, 0.2) is 46.6 Å². The Balaban J connectivity index is 1.41. The minimum atomic E-state index is -0.743. The molecule has 5 heteroatoms. The molecule has 1 aromatic rings. The van der Waals surface area contributed by atoms with Crippen molar-refractivity contribution in [3.63, 3.8) is 0 Å². The summed E-state index contributed by atoms with van der Waals surface area (Å²) in [6, 6.07) is 4.24. The number of amides is 1. The second-order valence-electron chi connectivity index (χ2n) is 10.2. The van der Waals surface area contributed by atoms with Crippen LogP contribution in [0.2, 0.25) is 0 Å². The monoisotopic (exact) mass is 439 g/mol. The lowest BCUT2D eigenvalue weighted by Gasteiger charge is -2.40. The van der Waals surface area contributed by atoms with Crippen LogP contribution in [-0.4, -0.2) is 46.9 Å². The van der Waals surface area contributed by atoms with E-state index in [4.69, 9.17) is 10.2 Å². The summed E-state index contributed by atoms with van der Waals surface area (Å²) in [5.74, 6) is 1.47. The number of hydrogen-bond acceptors (Lipinski definition) is 4. The third-order valence-corrected chi connectivity index (χ3v) is 7.77. The van der Waals surface area contributed by atoms with Gasteiger partial charge in [-0.05, 0) is 69.9 Å². The van der Waals surface area contributed by atoms with Gasteiger partial charge in [0.25, 0.3) is 0 Å². The average molecular weight is 440 g/mol. The van der Waals surface area contributed by atoms with E-state index in [-0.39, 0.29) is 11.9 Å². The van der Waals surface area contributed by atoms with E-state index in [9.17, 15) is 4.79 Å². The van der Waals surface area contributed by atoms with Gasteiger partial charge in [-0.3, -0.25) is 9.69 Å². The summed E-state index contributed by atoms with van der Waals surface area (Å²) in [6.07, 6.45) is 20.0. The van der Waals surface area contributed by atoms with Crippen LogP contribution in [0.5, 0.6) is 0 Å². The van der Waals surface area contributed by atoms with Crippen molar-refractivity contribution in [2.24, 2.45) is 11.7 Å². The summed E-state index contributed by atoms with van der Waals surface area (Å²) >= 11 is 0. The fraction of sp³-hybridized carbons (Fsp3) is 0.667. The van der Waals surface area contributed by atoms with Crippen molar-refractivity contribution in [2.45, 2.75) is 89.3 Å². The molecule has 2 heterocycles. The Hall–Kier alpha value is -1.85. The van der Waals surface area contributed by atoms with E-state index >= 15 is 0 Å². The third kappa shape index (κ3) is 5.74. The molecule has 4 rings (SSSR count). The van der Waals surface area contributed by atoms with Crippen LogP contribution in [0.4, 0.5) is 0 Å². The Labute approximate surface area is 193 Å². The van der Waals surface area contributed by atoms with E-state index in [0.717, 1.165) is 76.9 Å². The largest absolute Gasteiger partial charge is 0.468 e. The number of hydrogen-bond donors (Lipinski definition) is 1. The van der Waals surface area contributed by atoms with Crippen LogP contribution < -0.4 is 5.73 Å². The average Bonchev–Trinajstić information content (AvgIpc) is 3.50. The van der Waals surface area contributed by atoms with Crippen LogP contribution in [0.1, 0.15) is 76.9 Å². The van der Waals surface area contributed by atoms with E-state index in [1.54, 1.807) is 6.26 Å². The number of likely N-dealkylation sites (tertiary alicyclic amines) is 1. The lowest BCUT2D eigenvalue weighted by Crippen LogP contribution is -2.60. The molecule has 0 bridgehead atoms. The maximum absolute atomic E-state index is 13.6. The maximum Gasteiger partial charge on any atom is 0.242 e. The molecule has 3 aliphatic rings. The molecule has 2 N–H and O–H groups in total. The van der Waals surface area contributed by atoms with Crippen molar-refractivity contribution in [3.8, 4) is 0 Å². The molecule has 0 spiro atoms. The topological polar surface area (TPSA) is 62.7 Å². The zero-order valence-electron chi connectivity index (χ0n) is 19.8. The van der Waals surface area contributed by atoms with Crippen molar-refractivity contribution in [1.82, 2.24) is 9.80 Å². The SMILES string of the molecule is C[C@@](N)(C(=O)N1CCCC1CN(CCC1=CCCC=C1)Cc1ccco1)C1CCCCC1. The summed E-state index contributed by atoms with van der Waals surface area (Å²) in [6.45, 7) is 5.46. The standard InChI is InChI=1S/C27H41N3O2/c1-27(28,23-12-6-3-7-13-23)26(31)30-17-8-14-24(30)20-29(21-25-15-9-19-32-25)18-16-22-10-4-2-5-11-22/h4,9-11,15,19,23-24H,2-3,5-8,12-14,16-18,20-21,28H2,1H3/t24?,27-/m0/s1. The van der Waals surface area contributed by atoms with Gasteiger partial charge in [0.05, 0.1) is 18.3 Å². The number of furan rings is 1. The van der Waals surface area contributed by atoms with Gasteiger partial charge >= 0.3 is 0 Å². The van der Waals surface area contributed by atoms with Gasteiger partial charge in [0.15, 0.2) is 0 Å². The van der Waals surface area contributed by atoms with Gasteiger partial charge in [0.2, 0.25) is 5.91 Å². The molecule has 0 aromatic carbocycles. The zero-order valence-corrected chi connectivity index (χ0v) is 19.8. The van der Waals surface area contributed by atoms with Crippen molar-refractivity contribution in [1.29, 1.82) is 0 Å². The van der Waals surface area contributed by atoms with Crippen LogP contribution in [0, 0.1) is 5.92 Å². The number of carbonyl (C=O) groups excluding carboxylic acids is 1. The summed E-state index contributed by atoms with van der Waals surface area (Å²) in [7, 11) is 0. The number of nitrogens with two attached hydrogens (primary N) is 1. The van der Waals surface area contributed by atoms with Crippen molar-refractivity contribution >= 4 is 5.91 Å². The number of rotatable bonds is 9. The lowest BCUT2D eigenvalue weighted by atomic mass is 9.75. The van der Waals surface area contributed by atoms with Crippen molar-refractivity contribution < 1.29 is 9.21 Å². The predicted octanol–water partition coefficient (Wildman–Crippen LogP) is 5.04. The molecule has 2 aliphatic carbocycles. The first kappa shape index (κ1) is 23.3. The van der Waals surface area contributed by atoms with Gasteiger partial charge in [-0.15, -0.1) is 0 Å². The Morgan fingerprint density at radius 2 is 2.06 bits per heavy atom. The second-order valence-corrected chi connectivity index (χ2v) is 10.2. The molecule has 1 unspecified atom stereocenters. The van der Waals surface area contributed by atoms with E-state index in [0.29, 0.717) is 5.92 Å². The quantitative estimate of drug-likeness (QED) is 0.586. The van der Waals surface area contributed by atoms with Crippen LogP contribution >= 0.6 is 0 Å². The lowest BCUT2D eigenvalue weighted by molar-refractivity contribution is -0.140.